The Kier molecular flexibility index (Phi) is 5.98. The lowest BCUT2D eigenvalue weighted by molar-refractivity contribution is -0.116. The maximum Gasteiger partial charge on any atom is 0.262 e. The van der Waals surface area contributed by atoms with Crippen LogP contribution in [-0.4, -0.2) is 20.4 Å². The number of nitrogens with one attached hydrogen (secondary N) is 1. The molecule has 0 aliphatic carbocycles. The summed E-state index contributed by atoms with van der Waals surface area (Å²) in [5, 5.41) is 5.79. The zero-order chi connectivity index (χ0) is 21.1. The topological polar surface area (TPSA) is 86.1 Å². The van der Waals surface area contributed by atoms with E-state index in [2.05, 4.69) is 15.3 Å². The third kappa shape index (κ3) is 4.46. The van der Waals surface area contributed by atoms with E-state index in [9.17, 15) is 9.59 Å². The molecule has 3 heterocycles. The summed E-state index contributed by atoms with van der Waals surface area (Å²) in [6, 6.07) is 10.1. The number of aryl methyl sites for hydroxylation is 1. The molecule has 1 amide bonds. The molecule has 0 aliphatic heterocycles. The number of halogens is 2. The highest BCUT2D eigenvalue weighted by atomic mass is 35.5. The van der Waals surface area contributed by atoms with Crippen LogP contribution in [0.3, 0.4) is 0 Å². The molecule has 152 valence electrons. The summed E-state index contributed by atoms with van der Waals surface area (Å²) in [5.41, 5.74) is 0.287. The van der Waals surface area contributed by atoms with E-state index in [1.54, 1.807) is 30.3 Å². The van der Waals surface area contributed by atoms with Gasteiger partial charge in [-0.1, -0.05) is 35.3 Å². The van der Waals surface area contributed by atoms with Gasteiger partial charge in [-0.15, -0.1) is 11.3 Å². The average molecular weight is 461 g/mol. The van der Waals surface area contributed by atoms with E-state index in [1.807, 2.05) is 5.38 Å². The van der Waals surface area contributed by atoms with Crippen molar-refractivity contribution >= 4 is 56.3 Å². The molecular weight excluding hydrogens is 447 g/mol. The summed E-state index contributed by atoms with van der Waals surface area (Å²) < 4.78 is 7.16. The molecule has 0 atom stereocenters. The van der Waals surface area contributed by atoms with Crippen molar-refractivity contribution in [2.45, 2.75) is 13.0 Å². The largest absolute Gasteiger partial charge is 0.435 e. The van der Waals surface area contributed by atoms with Crippen LogP contribution in [0.1, 0.15) is 6.42 Å². The predicted octanol–water partition coefficient (Wildman–Crippen LogP) is 4.98. The number of thiophene rings is 1. The first-order chi connectivity index (χ1) is 14.5. The van der Waals surface area contributed by atoms with Crippen LogP contribution < -0.4 is 15.6 Å². The smallest absolute Gasteiger partial charge is 0.262 e. The Hall–Kier alpha value is -2.94. The summed E-state index contributed by atoms with van der Waals surface area (Å²) in [6.45, 7) is 0.205. The van der Waals surface area contributed by atoms with E-state index < -0.39 is 0 Å². The molecule has 0 bridgehead atoms. The second-order valence-corrected chi connectivity index (χ2v) is 7.96. The molecule has 0 saturated heterocycles. The number of anilines is 1. The molecule has 30 heavy (non-hydrogen) atoms. The fourth-order valence-corrected chi connectivity index (χ4v) is 3.87. The molecule has 0 spiro atoms. The lowest BCUT2D eigenvalue weighted by atomic mass is 10.2. The van der Waals surface area contributed by atoms with E-state index >= 15 is 0 Å². The molecule has 4 aromatic rings. The van der Waals surface area contributed by atoms with Gasteiger partial charge in [0.2, 0.25) is 11.8 Å². The van der Waals surface area contributed by atoms with Crippen molar-refractivity contribution < 1.29 is 9.53 Å². The number of carbonyl (C=O) groups excluding carboxylic acids is 1. The molecule has 1 aromatic carbocycles. The Balaban J connectivity index is 1.45. The predicted molar refractivity (Wildman–Crippen MR) is 118 cm³/mol. The fraction of sp³-hybridized carbons (Fsp3) is 0.100. The van der Waals surface area contributed by atoms with Crippen molar-refractivity contribution in [2.24, 2.45) is 0 Å². The standard InChI is InChI=1S/C20H14Cl2N4O3S/c21-12-9-14(22)18(23-10-12)29-16-4-2-1-3-15(16)25-17(27)5-7-26-11-24-19-13(20(26)28)6-8-30-19/h1-4,6,8-11H,5,7H2,(H,25,27). The van der Waals surface area contributed by atoms with Gasteiger partial charge in [0.05, 0.1) is 22.4 Å². The van der Waals surface area contributed by atoms with Crippen molar-refractivity contribution in [2.75, 3.05) is 5.32 Å². The van der Waals surface area contributed by atoms with E-state index in [1.165, 1.54) is 34.5 Å². The Morgan fingerprint density at radius 2 is 2.03 bits per heavy atom. The Morgan fingerprint density at radius 1 is 1.20 bits per heavy atom. The minimum absolute atomic E-state index is 0.0888. The van der Waals surface area contributed by atoms with Gasteiger partial charge in [-0.25, -0.2) is 9.97 Å². The van der Waals surface area contributed by atoms with E-state index in [-0.39, 0.29) is 35.3 Å². The zero-order valence-corrected chi connectivity index (χ0v) is 17.7. The van der Waals surface area contributed by atoms with Crippen LogP contribution in [0.2, 0.25) is 10.0 Å². The lowest BCUT2D eigenvalue weighted by Crippen LogP contribution is -2.23. The Morgan fingerprint density at radius 3 is 2.87 bits per heavy atom. The Labute approximate surface area is 184 Å². The molecular formula is C20H14Cl2N4O3S. The molecule has 0 unspecified atom stereocenters. The highest BCUT2D eigenvalue weighted by Gasteiger charge is 2.12. The van der Waals surface area contributed by atoms with Gasteiger partial charge in [0.25, 0.3) is 5.56 Å². The number of benzene rings is 1. The van der Waals surface area contributed by atoms with Crippen molar-refractivity contribution in [3.8, 4) is 11.6 Å². The number of amides is 1. The van der Waals surface area contributed by atoms with Crippen LogP contribution in [0, 0.1) is 0 Å². The van der Waals surface area contributed by atoms with Crippen LogP contribution >= 0.6 is 34.5 Å². The third-order valence-corrected chi connectivity index (χ3v) is 5.47. The second kappa shape index (κ2) is 8.83. The van der Waals surface area contributed by atoms with E-state index in [0.29, 0.717) is 26.7 Å². The average Bonchev–Trinajstić information content (AvgIpc) is 3.21. The fourth-order valence-electron chi connectivity index (χ4n) is 2.73. The van der Waals surface area contributed by atoms with Gasteiger partial charge >= 0.3 is 0 Å². The number of ether oxygens (including phenoxy) is 1. The van der Waals surface area contributed by atoms with Gasteiger partial charge in [0, 0.05) is 19.2 Å². The number of rotatable bonds is 6. The molecule has 0 saturated carbocycles. The lowest BCUT2D eigenvalue weighted by Gasteiger charge is -2.12. The highest BCUT2D eigenvalue weighted by molar-refractivity contribution is 7.16. The molecule has 0 aliphatic rings. The molecule has 1 N–H and O–H groups in total. The summed E-state index contributed by atoms with van der Waals surface area (Å²) in [6.07, 6.45) is 2.96. The summed E-state index contributed by atoms with van der Waals surface area (Å²) in [5.74, 6) is 0.268. The van der Waals surface area contributed by atoms with Crippen LogP contribution in [0.5, 0.6) is 11.6 Å². The molecule has 3 aromatic heterocycles. The number of nitrogens with zero attached hydrogens (tertiary/aromatic N) is 3. The first-order valence-electron chi connectivity index (χ1n) is 8.81. The maximum absolute atomic E-state index is 12.5. The van der Waals surface area contributed by atoms with Gasteiger partial charge in [-0.05, 0) is 29.6 Å². The second-order valence-electron chi connectivity index (χ2n) is 6.22. The number of pyridine rings is 1. The van der Waals surface area contributed by atoms with Crippen LogP contribution in [0.4, 0.5) is 5.69 Å². The normalized spacial score (nSPS) is 10.9. The summed E-state index contributed by atoms with van der Waals surface area (Å²) in [4.78, 5) is 33.9. The number of hydrogen-bond donors (Lipinski definition) is 1. The minimum Gasteiger partial charge on any atom is -0.435 e. The number of aromatic nitrogens is 3. The van der Waals surface area contributed by atoms with Gasteiger partial charge in [-0.2, -0.15) is 0 Å². The molecule has 0 fully saturated rings. The first-order valence-corrected chi connectivity index (χ1v) is 10.5. The number of carbonyl (C=O) groups is 1. The van der Waals surface area contributed by atoms with Gasteiger partial charge in [0.15, 0.2) is 5.75 Å². The quantitative estimate of drug-likeness (QED) is 0.438. The third-order valence-electron chi connectivity index (χ3n) is 4.17. The van der Waals surface area contributed by atoms with E-state index in [4.69, 9.17) is 27.9 Å². The summed E-state index contributed by atoms with van der Waals surface area (Å²) >= 11 is 13.4. The number of hydrogen-bond acceptors (Lipinski definition) is 6. The first kappa shape index (κ1) is 20.3. The Bertz CT molecular complexity index is 1290. The van der Waals surface area contributed by atoms with Gasteiger partial charge in [-0.3, -0.25) is 14.2 Å². The van der Waals surface area contributed by atoms with Gasteiger partial charge in [0.1, 0.15) is 9.85 Å². The number of para-hydroxylation sites is 2. The van der Waals surface area contributed by atoms with Gasteiger partial charge < -0.3 is 10.1 Å². The monoisotopic (exact) mass is 460 g/mol. The van der Waals surface area contributed by atoms with Crippen molar-refractivity contribution in [1.82, 2.24) is 14.5 Å². The molecule has 10 heteroatoms. The summed E-state index contributed by atoms with van der Waals surface area (Å²) in [7, 11) is 0. The molecule has 4 rings (SSSR count). The number of fused-ring (bicyclic) bond motifs is 1. The van der Waals surface area contributed by atoms with Crippen molar-refractivity contribution in [1.29, 1.82) is 0 Å². The SMILES string of the molecule is O=C(CCn1cnc2sccc2c1=O)Nc1ccccc1Oc1ncc(Cl)cc1Cl. The van der Waals surface area contributed by atoms with Crippen LogP contribution in [0.15, 0.2) is 59.1 Å². The molecule has 0 radical (unpaired) electrons. The molecule has 7 nitrogen and oxygen atoms in total. The van der Waals surface area contributed by atoms with Crippen molar-refractivity contribution in [3.63, 3.8) is 0 Å². The van der Waals surface area contributed by atoms with Crippen molar-refractivity contribution in [3.05, 3.63) is 74.7 Å². The van der Waals surface area contributed by atoms with E-state index in [0.717, 1.165) is 0 Å². The van der Waals surface area contributed by atoms with Crippen LogP contribution in [-0.2, 0) is 11.3 Å². The van der Waals surface area contributed by atoms with Crippen LogP contribution in [0.25, 0.3) is 10.2 Å². The minimum atomic E-state index is -0.279. The highest BCUT2D eigenvalue weighted by Crippen LogP contribution is 2.33. The maximum atomic E-state index is 12.5. The zero-order valence-electron chi connectivity index (χ0n) is 15.3.